The number of ketones is 1. The predicted octanol–water partition coefficient (Wildman–Crippen LogP) is 6.78. The van der Waals surface area contributed by atoms with Crippen molar-refractivity contribution < 1.29 is 23.5 Å². The minimum Gasteiger partial charge on any atom is -0.389 e. The highest BCUT2D eigenvalue weighted by atomic mass is 31.2. The van der Waals surface area contributed by atoms with Gasteiger partial charge in [0.1, 0.15) is 0 Å². The number of aliphatic hydroxyl groups is 1. The fourth-order valence-electron chi connectivity index (χ4n) is 8.26. The summed E-state index contributed by atoms with van der Waals surface area (Å²) in [7, 11) is -3.34. The molecule has 5 nitrogen and oxygen atoms in total. The van der Waals surface area contributed by atoms with Gasteiger partial charge in [-0.3, -0.25) is 9.36 Å². The van der Waals surface area contributed by atoms with Gasteiger partial charge in [-0.1, -0.05) is 44.6 Å². The average molecular weight is 537 g/mol. The number of carbonyl (C=O) groups is 1. The largest absolute Gasteiger partial charge is 0.389 e. The number of allylic oxidation sites excluding steroid dienone is 4. The quantitative estimate of drug-likeness (QED) is 0.339. The van der Waals surface area contributed by atoms with E-state index >= 15 is 0 Å². The summed E-state index contributed by atoms with van der Waals surface area (Å²) in [5.41, 5.74) is 4.16. The van der Waals surface area contributed by atoms with Crippen LogP contribution >= 0.6 is 7.60 Å². The normalized spacial score (nSPS) is 37.6. The topological polar surface area (TPSA) is 72.8 Å². The van der Waals surface area contributed by atoms with Crippen LogP contribution in [0.5, 0.6) is 0 Å². The Morgan fingerprint density at radius 3 is 2.47 bits per heavy atom. The van der Waals surface area contributed by atoms with Crippen molar-refractivity contribution in [2.45, 2.75) is 83.7 Å². The molecular weight excluding hydrogens is 495 g/mol. The Hall–Kier alpha value is -1.78. The van der Waals surface area contributed by atoms with E-state index < -0.39 is 13.2 Å². The van der Waals surface area contributed by atoms with Crippen molar-refractivity contribution in [3.63, 3.8) is 0 Å². The highest BCUT2D eigenvalue weighted by Crippen LogP contribution is 2.67. The Morgan fingerprint density at radius 1 is 1.08 bits per heavy atom. The summed E-state index contributed by atoms with van der Waals surface area (Å²) in [6, 6.07) is 8.01. The molecular formula is C32H41O5P. The SMILES string of the molecule is C=CC[C@]1(O)CC[C@H]2[C@@H]3CCC4=CC(=O)CCC4=C3[C@@H](c3ccc(P4(=O)OCC(C)(C)CO4)cc3)C[C@@]21C. The first-order valence-electron chi connectivity index (χ1n) is 14.3. The fourth-order valence-corrected chi connectivity index (χ4v) is 10.2. The predicted molar refractivity (Wildman–Crippen MR) is 149 cm³/mol. The summed E-state index contributed by atoms with van der Waals surface area (Å²) in [5.74, 6) is 1.21. The van der Waals surface area contributed by atoms with E-state index in [1.54, 1.807) is 0 Å². The van der Waals surface area contributed by atoms with Crippen LogP contribution in [0, 0.1) is 22.7 Å². The lowest BCUT2D eigenvalue weighted by Gasteiger charge is -2.55. The summed E-state index contributed by atoms with van der Waals surface area (Å²) in [5, 5.41) is 12.5. The molecule has 1 aromatic carbocycles. The van der Waals surface area contributed by atoms with Crippen molar-refractivity contribution in [1.82, 2.24) is 0 Å². The molecule has 3 fully saturated rings. The zero-order chi connectivity index (χ0) is 26.9. The number of benzene rings is 1. The van der Waals surface area contributed by atoms with Crippen LogP contribution in [-0.4, -0.2) is 29.7 Å². The lowest BCUT2D eigenvalue weighted by molar-refractivity contribution is -0.114. The standard InChI is InChI=1S/C32H41O5P/c1-5-15-32(34)16-14-28-26-12-8-22-17-23(33)9-13-25(22)29(26)27(18-31(28,32)4)21-6-10-24(11-7-21)38(35)36-19-30(2,3)20-37-38/h5-7,10-11,17,26-28,34H,1,8-9,12-16,18-20H2,2-4H3/t26-,27+,28-,31-,32-/m0/s1. The van der Waals surface area contributed by atoms with Gasteiger partial charge in [0.15, 0.2) is 5.78 Å². The number of fused-ring (bicyclic) bond motifs is 4. The summed E-state index contributed by atoms with van der Waals surface area (Å²) in [6.07, 6.45) is 10.4. The molecule has 1 heterocycles. The van der Waals surface area contributed by atoms with E-state index in [1.807, 2.05) is 38.1 Å². The van der Waals surface area contributed by atoms with Gasteiger partial charge < -0.3 is 14.2 Å². The van der Waals surface area contributed by atoms with Gasteiger partial charge in [-0.15, -0.1) is 6.58 Å². The van der Waals surface area contributed by atoms with Gasteiger partial charge >= 0.3 is 7.60 Å². The van der Waals surface area contributed by atoms with Gasteiger partial charge in [0.2, 0.25) is 0 Å². The highest BCUT2D eigenvalue weighted by molar-refractivity contribution is 7.62. The van der Waals surface area contributed by atoms with Crippen LogP contribution in [0.25, 0.3) is 0 Å². The maximum absolute atomic E-state index is 13.5. The number of hydrogen-bond donors (Lipinski definition) is 1. The first-order chi connectivity index (χ1) is 18.0. The third kappa shape index (κ3) is 4.08. The van der Waals surface area contributed by atoms with Crippen molar-refractivity contribution in [2.75, 3.05) is 13.2 Å². The molecule has 0 bridgehead atoms. The third-order valence-corrected chi connectivity index (χ3v) is 12.3. The molecule has 1 aromatic rings. The number of rotatable bonds is 4. The van der Waals surface area contributed by atoms with Crippen LogP contribution in [-0.2, 0) is 18.4 Å². The highest BCUT2D eigenvalue weighted by Gasteiger charge is 2.62. The van der Waals surface area contributed by atoms with Crippen molar-refractivity contribution in [3.05, 3.63) is 65.3 Å². The van der Waals surface area contributed by atoms with E-state index in [9.17, 15) is 14.5 Å². The second-order valence-electron chi connectivity index (χ2n) is 13.4. The van der Waals surface area contributed by atoms with Crippen molar-refractivity contribution in [2.24, 2.45) is 22.7 Å². The van der Waals surface area contributed by atoms with Crippen LogP contribution < -0.4 is 5.30 Å². The zero-order valence-electron chi connectivity index (χ0n) is 23.0. The summed E-state index contributed by atoms with van der Waals surface area (Å²) < 4.78 is 25.1. The van der Waals surface area contributed by atoms with E-state index in [4.69, 9.17) is 9.05 Å². The third-order valence-electron chi connectivity index (χ3n) is 10.4. The van der Waals surface area contributed by atoms with E-state index in [0.717, 1.165) is 38.5 Å². The minimum absolute atomic E-state index is 0.143. The average Bonchev–Trinajstić information content (AvgIpc) is 3.15. The number of carbonyl (C=O) groups excluding carboxylic acids is 1. The lowest BCUT2D eigenvalue weighted by atomic mass is 9.51. The molecule has 6 rings (SSSR count). The van der Waals surface area contributed by atoms with Gasteiger partial charge in [-0.25, -0.2) is 0 Å². The maximum Gasteiger partial charge on any atom is 0.361 e. The molecule has 1 N–H and O–H groups in total. The van der Waals surface area contributed by atoms with Crippen LogP contribution in [0.1, 0.15) is 83.6 Å². The van der Waals surface area contributed by atoms with Gasteiger partial charge in [-0.05, 0) is 91.7 Å². The van der Waals surface area contributed by atoms with Gasteiger partial charge in [0.05, 0.1) is 24.1 Å². The molecule has 0 aromatic heterocycles. The van der Waals surface area contributed by atoms with Crippen LogP contribution in [0.2, 0.25) is 0 Å². The first-order valence-corrected chi connectivity index (χ1v) is 15.8. The fraction of sp³-hybridized carbons (Fsp3) is 0.594. The lowest BCUT2D eigenvalue weighted by Crippen LogP contribution is -2.51. The van der Waals surface area contributed by atoms with E-state index in [1.165, 1.54) is 22.3 Å². The second-order valence-corrected chi connectivity index (χ2v) is 15.4. The molecule has 2 saturated carbocycles. The molecule has 4 aliphatic carbocycles. The Morgan fingerprint density at radius 2 is 1.79 bits per heavy atom. The van der Waals surface area contributed by atoms with Crippen molar-refractivity contribution in [3.8, 4) is 0 Å². The molecule has 6 heteroatoms. The van der Waals surface area contributed by atoms with Crippen LogP contribution in [0.3, 0.4) is 0 Å². The van der Waals surface area contributed by atoms with Crippen molar-refractivity contribution in [1.29, 1.82) is 0 Å². The summed E-state index contributed by atoms with van der Waals surface area (Å²) >= 11 is 0. The van der Waals surface area contributed by atoms with Gasteiger partial charge in [0, 0.05) is 23.2 Å². The molecule has 5 atom stereocenters. The van der Waals surface area contributed by atoms with Crippen molar-refractivity contribution >= 4 is 18.7 Å². The Balaban J connectivity index is 1.41. The second kappa shape index (κ2) is 9.13. The van der Waals surface area contributed by atoms with Crippen LogP contribution in [0.4, 0.5) is 0 Å². The molecule has 0 spiro atoms. The molecule has 38 heavy (non-hydrogen) atoms. The zero-order valence-corrected chi connectivity index (χ0v) is 23.9. The van der Waals surface area contributed by atoms with Gasteiger partial charge in [-0.2, -0.15) is 0 Å². The van der Waals surface area contributed by atoms with Crippen LogP contribution in [0.15, 0.2) is 59.7 Å². The minimum atomic E-state index is -3.34. The van der Waals surface area contributed by atoms with E-state index in [0.29, 0.717) is 43.2 Å². The molecule has 0 radical (unpaired) electrons. The van der Waals surface area contributed by atoms with E-state index in [2.05, 4.69) is 25.6 Å². The maximum atomic E-state index is 13.5. The molecule has 0 unspecified atom stereocenters. The molecule has 1 aliphatic heterocycles. The molecule has 0 amide bonds. The number of hydrogen-bond acceptors (Lipinski definition) is 5. The Labute approximate surface area is 226 Å². The molecule has 5 aliphatic rings. The molecule has 1 saturated heterocycles. The smallest absolute Gasteiger partial charge is 0.361 e. The summed E-state index contributed by atoms with van der Waals surface area (Å²) in [4.78, 5) is 12.3. The Bertz CT molecular complexity index is 1260. The Kier molecular flexibility index (Phi) is 6.35. The van der Waals surface area contributed by atoms with E-state index in [-0.39, 0.29) is 22.5 Å². The molecule has 204 valence electrons. The van der Waals surface area contributed by atoms with Gasteiger partial charge in [0.25, 0.3) is 0 Å². The summed E-state index contributed by atoms with van der Waals surface area (Å²) in [6.45, 7) is 11.2. The monoisotopic (exact) mass is 536 g/mol. The first kappa shape index (κ1) is 26.4.